The van der Waals surface area contributed by atoms with Crippen molar-refractivity contribution in [3.8, 4) is 11.4 Å². The molecule has 0 saturated heterocycles. The molecule has 1 aliphatic carbocycles. The second-order valence-corrected chi connectivity index (χ2v) is 6.27. The summed E-state index contributed by atoms with van der Waals surface area (Å²) >= 11 is 0. The van der Waals surface area contributed by atoms with Crippen LogP contribution in [0.5, 0.6) is 0 Å². The summed E-state index contributed by atoms with van der Waals surface area (Å²) in [5.41, 5.74) is 0.823. The van der Waals surface area contributed by atoms with Gasteiger partial charge in [0.15, 0.2) is 0 Å². The van der Waals surface area contributed by atoms with Gasteiger partial charge in [-0.2, -0.15) is 4.80 Å². The van der Waals surface area contributed by atoms with E-state index < -0.39 is 11.9 Å². The summed E-state index contributed by atoms with van der Waals surface area (Å²) in [5, 5.41) is 24.3. The lowest BCUT2D eigenvalue weighted by molar-refractivity contribution is -0.143. The molecule has 1 aromatic carbocycles. The highest BCUT2D eigenvalue weighted by Crippen LogP contribution is 2.23. The van der Waals surface area contributed by atoms with Crippen LogP contribution in [0.2, 0.25) is 0 Å². The Kier molecular flexibility index (Phi) is 5.37. The third-order valence-electron chi connectivity index (χ3n) is 4.45. The molecule has 1 aromatic heterocycles. The number of benzene rings is 1. The lowest BCUT2D eigenvalue weighted by Crippen LogP contribution is -2.44. The largest absolute Gasteiger partial charge is 0.481 e. The number of aliphatic carboxylic acids is 1. The SMILES string of the molecule is O=C(Cn1nnc(-c2ccccc2)n1)N[C@H]1CCCCC[C@H]1C(=O)O. The van der Waals surface area contributed by atoms with Crippen LogP contribution in [0.1, 0.15) is 32.1 Å². The van der Waals surface area contributed by atoms with Crippen LogP contribution in [-0.4, -0.2) is 43.2 Å². The van der Waals surface area contributed by atoms with E-state index in [1.807, 2.05) is 30.3 Å². The third kappa shape index (κ3) is 4.40. The molecule has 8 nitrogen and oxygen atoms in total. The van der Waals surface area contributed by atoms with Gasteiger partial charge in [0.2, 0.25) is 11.7 Å². The highest BCUT2D eigenvalue weighted by molar-refractivity contribution is 5.77. The zero-order chi connectivity index (χ0) is 17.6. The van der Waals surface area contributed by atoms with Crippen molar-refractivity contribution in [2.45, 2.75) is 44.7 Å². The molecule has 1 fully saturated rings. The quantitative estimate of drug-likeness (QED) is 0.796. The molecule has 1 amide bonds. The average molecular weight is 343 g/mol. The fourth-order valence-electron chi connectivity index (χ4n) is 3.17. The summed E-state index contributed by atoms with van der Waals surface area (Å²) < 4.78 is 0. The van der Waals surface area contributed by atoms with E-state index in [0.717, 1.165) is 24.8 Å². The van der Waals surface area contributed by atoms with Crippen LogP contribution in [0.4, 0.5) is 0 Å². The Labute approximate surface area is 145 Å². The number of hydrogen-bond acceptors (Lipinski definition) is 5. The van der Waals surface area contributed by atoms with Gasteiger partial charge in [-0.25, -0.2) is 0 Å². The fraction of sp³-hybridized carbons (Fsp3) is 0.471. The molecule has 2 N–H and O–H groups in total. The highest BCUT2D eigenvalue weighted by atomic mass is 16.4. The monoisotopic (exact) mass is 343 g/mol. The number of nitrogens with one attached hydrogen (secondary N) is 1. The molecule has 0 spiro atoms. The number of carboxylic acid groups (broad SMARTS) is 1. The summed E-state index contributed by atoms with van der Waals surface area (Å²) in [7, 11) is 0. The first-order valence-electron chi connectivity index (χ1n) is 8.49. The minimum Gasteiger partial charge on any atom is -0.481 e. The Balaban J connectivity index is 1.62. The van der Waals surface area contributed by atoms with Crippen molar-refractivity contribution in [1.29, 1.82) is 0 Å². The molecule has 2 atom stereocenters. The number of aromatic nitrogens is 4. The molecular formula is C17H21N5O3. The maximum absolute atomic E-state index is 12.3. The molecule has 0 aliphatic heterocycles. The van der Waals surface area contributed by atoms with E-state index in [1.54, 1.807) is 0 Å². The molecule has 25 heavy (non-hydrogen) atoms. The van der Waals surface area contributed by atoms with Gasteiger partial charge in [-0.1, -0.05) is 49.6 Å². The predicted molar refractivity (Wildman–Crippen MR) is 89.4 cm³/mol. The molecule has 1 saturated carbocycles. The van der Waals surface area contributed by atoms with E-state index in [2.05, 4.69) is 20.7 Å². The molecule has 8 heteroatoms. The topological polar surface area (TPSA) is 110 Å². The van der Waals surface area contributed by atoms with Crippen molar-refractivity contribution in [3.63, 3.8) is 0 Å². The van der Waals surface area contributed by atoms with Crippen LogP contribution in [0, 0.1) is 5.92 Å². The lowest BCUT2D eigenvalue weighted by Gasteiger charge is -2.22. The van der Waals surface area contributed by atoms with Gasteiger partial charge in [0.1, 0.15) is 6.54 Å². The maximum atomic E-state index is 12.3. The first-order valence-corrected chi connectivity index (χ1v) is 8.49. The second kappa shape index (κ2) is 7.87. The van der Waals surface area contributed by atoms with Crippen LogP contribution in [0.3, 0.4) is 0 Å². The van der Waals surface area contributed by atoms with Crippen LogP contribution >= 0.6 is 0 Å². The van der Waals surface area contributed by atoms with Crippen LogP contribution < -0.4 is 5.32 Å². The average Bonchev–Trinajstić information content (AvgIpc) is 2.93. The summed E-state index contributed by atoms with van der Waals surface area (Å²) in [4.78, 5) is 24.9. The van der Waals surface area contributed by atoms with Gasteiger partial charge in [0.25, 0.3) is 0 Å². The maximum Gasteiger partial charge on any atom is 0.308 e. The van der Waals surface area contributed by atoms with Crippen LogP contribution in [0.25, 0.3) is 11.4 Å². The van der Waals surface area contributed by atoms with E-state index >= 15 is 0 Å². The molecule has 1 heterocycles. The van der Waals surface area contributed by atoms with Crippen molar-refractivity contribution >= 4 is 11.9 Å². The fourth-order valence-corrected chi connectivity index (χ4v) is 3.17. The Bertz CT molecular complexity index is 731. The van der Waals surface area contributed by atoms with Gasteiger partial charge < -0.3 is 10.4 Å². The molecule has 132 valence electrons. The number of carbonyl (C=O) groups excluding carboxylic acids is 1. The third-order valence-corrected chi connectivity index (χ3v) is 4.45. The van der Waals surface area contributed by atoms with E-state index in [4.69, 9.17) is 0 Å². The minimum absolute atomic E-state index is 0.0807. The van der Waals surface area contributed by atoms with E-state index in [-0.39, 0.29) is 18.5 Å². The molecular weight excluding hydrogens is 322 g/mol. The Morgan fingerprint density at radius 1 is 1.16 bits per heavy atom. The number of carboxylic acids is 1. The normalized spacial score (nSPS) is 20.6. The van der Waals surface area contributed by atoms with Crippen molar-refractivity contribution in [2.75, 3.05) is 0 Å². The van der Waals surface area contributed by atoms with Crippen molar-refractivity contribution in [2.24, 2.45) is 5.92 Å². The molecule has 3 rings (SSSR count). The van der Waals surface area contributed by atoms with Crippen molar-refractivity contribution in [1.82, 2.24) is 25.5 Å². The van der Waals surface area contributed by atoms with Gasteiger partial charge in [-0.15, -0.1) is 10.2 Å². The molecule has 0 bridgehead atoms. The van der Waals surface area contributed by atoms with E-state index in [9.17, 15) is 14.7 Å². The van der Waals surface area contributed by atoms with E-state index in [0.29, 0.717) is 18.7 Å². The smallest absolute Gasteiger partial charge is 0.308 e. The predicted octanol–water partition coefficient (Wildman–Crippen LogP) is 1.49. The second-order valence-electron chi connectivity index (χ2n) is 6.27. The summed E-state index contributed by atoms with van der Waals surface area (Å²) in [5.74, 6) is -1.23. The molecule has 1 aliphatic rings. The Morgan fingerprint density at radius 2 is 1.92 bits per heavy atom. The van der Waals surface area contributed by atoms with Crippen LogP contribution in [0.15, 0.2) is 30.3 Å². The summed E-state index contributed by atoms with van der Waals surface area (Å²) in [6, 6.07) is 9.04. The zero-order valence-electron chi connectivity index (χ0n) is 13.8. The molecule has 0 unspecified atom stereocenters. The van der Waals surface area contributed by atoms with E-state index in [1.165, 1.54) is 4.80 Å². The Hall–Kier alpha value is -2.77. The van der Waals surface area contributed by atoms with Gasteiger partial charge in [-0.05, 0) is 18.1 Å². The number of tetrazole rings is 1. The zero-order valence-corrected chi connectivity index (χ0v) is 13.8. The van der Waals surface area contributed by atoms with Crippen LogP contribution in [-0.2, 0) is 16.1 Å². The lowest BCUT2D eigenvalue weighted by atomic mass is 9.95. The highest BCUT2D eigenvalue weighted by Gasteiger charge is 2.30. The molecule has 0 radical (unpaired) electrons. The number of hydrogen-bond donors (Lipinski definition) is 2. The number of amides is 1. The Morgan fingerprint density at radius 3 is 2.68 bits per heavy atom. The number of carbonyl (C=O) groups is 2. The van der Waals surface area contributed by atoms with Crippen molar-refractivity contribution < 1.29 is 14.7 Å². The van der Waals surface area contributed by atoms with Gasteiger partial charge in [0, 0.05) is 11.6 Å². The number of nitrogens with zero attached hydrogens (tertiary/aromatic N) is 4. The molecule has 2 aromatic rings. The van der Waals surface area contributed by atoms with Gasteiger partial charge in [0.05, 0.1) is 5.92 Å². The standard InChI is InChI=1S/C17H21N5O3/c23-15(18-14-10-6-2-5-9-13(14)17(24)25)11-22-20-16(19-21-22)12-7-3-1-4-8-12/h1,3-4,7-8,13-14H,2,5-6,9-11H2,(H,18,23)(H,24,25)/t13-,14+/m1/s1. The van der Waals surface area contributed by atoms with Crippen molar-refractivity contribution in [3.05, 3.63) is 30.3 Å². The van der Waals surface area contributed by atoms with Gasteiger partial charge >= 0.3 is 5.97 Å². The first kappa shape index (κ1) is 17.1. The minimum atomic E-state index is -0.850. The summed E-state index contributed by atoms with van der Waals surface area (Å²) in [6.07, 6.45) is 4.09. The summed E-state index contributed by atoms with van der Waals surface area (Å²) in [6.45, 7) is -0.0807. The van der Waals surface area contributed by atoms with Gasteiger partial charge in [-0.3, -0.25) is 9.59 Å². The number of rotatable bonds is 5. The first-order chi connectivity index (χ1) is 12.1.